The minimum atomic E-state index is 0.428. The van der Waals surface area contributed by atoms with Crippen LogP contribution in [0.4, 0.5) is 0 Å². The van der Waals surface area contributed by atoms with E-state index in [0.717, 1.165) is 12.8 Å². The second-order valence-electron chi connectivity index (χ2n) is 4.66. The van der Waals surface area contributed by atoms with Crippen molar-refractivity contribution in [3.8, 4) is 0 Å². The van der Waals surface area contributed by atoms with E-state index in [1.54, 1.807) is 0 Å². The lowest BCUT2D eigenvalue weighted by Gasteiger charge is -2.09. The fourth-order valence-corrected chi connectivity index (χ4v) is 2.49. The van der Waals surface area contributed by atoms with Crippen LogP contribution in [0, 0.1) is 11.8 Å². The first-order valence-electron chi connectivity index (χ1n) is 6.33. The van der Waals surface area contributed by atoms with Crippen molar-refractivity contribution in [1.29, 1.82) is 0 Å². The molecule has 0 bridgehead atoms. The smallest absolute Gasteiger partial charge is 0.139 e. The molecule has 2 atom stereocenters. The summed E-state index contributed by atoms with van der Waals surface area (Å²) in [5.74, 6) is 1.44. The van der Waals surface area contributed by atoms with Gasteiger partial charge in [0, 0.05) is 11.8 Å². The van der Waals surface area contributed by atoms with Gasteiger partial charge in [0.15, 0.2) is 0 Å². The number of Topliss-reactive ketones (excluding diaryl/α,β-unsaturated/α-hetero) is 1. The molecule has 0 heterocycles. The molecule has 1 aliphatic rings. The van der Waals surface area contributed by atoms with E-state index in [1.807, 2.05) is 0 Å². The van der Waals surface area contributed by atoms with Gasteiger partial charge in [-0.25, -0.2) is 0 Å². The Kier molecular flexibility index (Phi) is 5.21. The number of carbonyl (C=O) groups excluding carboxylic acids is 1. The molecule has 1 fully saturated rings. The Morgan fingerprint density at radius 2 is 1.43 bits per heavy atom. The summed E-state index contributed by atoms with van der Waals surface area (Å²) in [5.41, 5.74) is 0. The highest BCUT2D eigenvalue weighted by Crippen LogP contribution is 2.33. The predicted molar refractivity (Wildman–Crippen MR) is 60.3 cm³/mol. The van der Waals surface area contributed by atoms with Crippen LogP contribution in [0.2, 0.25) is 0 Å². The van der Waals surface area contributed by atoms with Crippen molar-refractivity contribution in [2.24, 2.45) is 11.8 Å². The third-order valence-corrected chi connectivity index (χ3v) is 3.48. The van der Waals surface area contributed by atoms with Gasteiger partial charge in [-0.05, 0) is 25.7 Å². The van der Waals surface area contributed by atoms with E-state index in [2.05, 4.69) is 13.8 Å². The van der Waals surface area contributed by atoms with E-state index >= 15 is 0 Å². The van der Waals surface area contributed by atoms with E-state index in [9.17, 15) is 4.79 Å². The molecule has 0 aromatic heterocycles. The molecule has 0 aromatic carbocycles. The van der Waals surface area contributed by atoms with Crippen molar-refractivity contribution in [2.45, 2.75) is 65.2 Å². The molecule has 0 radical (unpaired) electrons. The van der Waals surface area contributed by atoms with Gasteiger partial charge in [0.1, 0.15) is 5.78 Å². The van der Waals surface area contributed by atoms with E-state index in [0.29, 0.717) is 17.6 Å². The maximum atomic E-state index is 11.9. The third-order valence-electron chi connectivity index (χ3n) is 3.48. The minimum absolute atomic E-state index is 0.428. The Balaban J connectivity index is 2.28. The summed E-state index contributed by atoms with van der Waals surface area (Å²) in [7, 11) is 0. The summed E-state index contributed by atoms with van der Waals surface area (Å²) in [6, 6.07) is 0. The Morgan fingerprint density at radius 1 is 1.00 bits per heavy atom. The van der Waals surface area contributed by atoms with E-state index in [-0.39, 0.29) is 0 Å². The predicted octanol–water partition coefficient (Wildman–Crippen LogP) is 3.96. The van der Waals surface area contributed by atoms with Crippen LogP contribution in [0.1, 0.15) is 65.2 Å². The molecular formula is C13H24O. The molecule has 0 N–H and O–H groups in total. The maximum Gasteiger partial charge on any atom is 0.139 e. The van der Waals surface area contributed by atoms with Crippen molar-refractivity contribution < 1.29 is 4.79 Å². The van der Waals surface area contributed by atoms with Crippen molar-refractivity contribution in [3.63, 3.8) is 0 Å². The number of unbranched alkanes of at least 4 members (excludes halogenated alkanes) is 2. The molecule has 0 amide bonds. The van der Waals surface area contributed by atoms with Crippen LogP contribution in [-0.4, -0.2) is 5.78 Å². The molecule has 1 nitrogen and oxygen atoms in total. The number of hydrogen-bond donors (Lipinski definition) is 0. The molecule has 1 heteroatoms. The summed E-state index contributed by atoms with van der Waals surface area (Å²) in [6.45, 7) is 4.40. The molecule has 0 spiro atoms. The Hall–Kier alpha value is -0.330. The van der Waals surface area contributed by atoms with Gasteiger partial charge in [0.25, 0.3) is 0 Å². The standard InChI is InChI=1S/C13H24O/c1-3-5-7-11-9-10-12(13(11)14)8-6-4-2/h11-12H,3-10H2,1-2H3. The van der Waals surface area contributed by atoms with Crippen LogP contribution in [0.3, 0.4) is 0 Å². The number of rotatable bonds is 6. The Morgan fingerprint density at radius 3 is 1.79 bits per heavy atom. The average molecular weight is 196 g/mol. The summed E-state index contributed by atoms with van der Waals surface area (Å²) >= 11 is 0. The quantitative estimate of drug-likeness (QED) is 0.628. The first-order chi connectivity index (χ1) is 6.79. The zero-order valence-electron chi connectivity index (χ0n) is 9.72. The van der Waals surface area contributed by atoms with Gasteiger partial charge in [-0.2, -0.15) is 0 Å². The average Bonchev–Trinajstić information content (AvgIpc) is 2.54. The second-order valence-corrected chi connectivity index (χ2v) is 4.66. The zero-order valence-corrected chi connectivity index (χ0v) is 9.72. The van der Waals surface area contributed by atoms with Gasteiger partial charge in [-0.1, -0.05) is 39.5 Å². The topological polar surface area (TPSA) is 17.1 Å². The van der Waals surface area contributed by atoms with Crippen molar-refractivity contribution >= 4 is 5.78 Å². The number of hydrogen-bond acceptors (Lipinski definition) is 1. The van der Waals surface area contributed by atoms with E-state index in [4.69, 9.17) is 0 Å². The highest BCUT2D eigenvalue weighted by Gasteiger charge is 2.32. The van der Waals surface area contributed by atoms with Crippen molar-refractivity contribution in [2.75, 3.05) is 0 Å². The molecule has 82 valence electrons. The first kappa shape index (κ1) is 11.7. The van der Waals surface area contributed by atoms with Gasteiger partial charge < -0.3 is 0 Å². The molecular weight excluding hydrogens is 172 g/mol. The molecule has 1 rings (SSSR count). The fourth-order valence-electron chi connectivity index (χ4n) is 2.49. The third kappa shape index (κ3) is 3.11. The van der Waals surface area contributed by atoms with Crippen molar-refractivity contribution in [3.05, 3.63) is 0 Å². The number of carbonyl (C=O) groups is 1. The summed E-state index contributed by atoms with van der Waals surface area (Å²) in [5, 5.41) is 0. The van der Waals surface area contributed by atoms with Gasteiger partial charge in [-0.15, -0.1) is 0 Å². The summed E-state index contributed by atoms with van der Waals surface area (Å²) < 4.78 is 0. The molecule has 0 aromatic rings. The molecule has 0 saturated heterocycles. The van der Waals surface area contributed by atoms with Gasteiger partial charge in [-0.3, -0.25) is 4.79 Å². The summed E-state index contributed by atoms with van der Waals surface area (Å²) in [6.07, 6.45) is 9.57. The van der Waals surface area contributed by atoms with Crippen LogP contribution in [-0.2, 0) is 4.79 Å². The van der Waals surface area contributed by atoms with Crippen LogP contribution < -0.4 is 0 Å². The Labute approximate surface area is 88.3 Å². The largest absolute Gasteiger partial charge is 0.299 e. The lowest BCUT2D eigenvalue weighted by Crippen LogP contribution is -2.14. The number of ketones is 1. The highest BCUT2D eigenvalue weighted by atomic mass is 16.1. The molecule has 1 aliphatic carbocycles. The lowest BCUT2D eigenvalue weighted by atomic mass is 9.95. The van der Waals surface area contributed by atoms with Gasteiger partial charge >= 0.3 is 0 Å². The maximum absolute atomic E-state index is 11.9. The SMILES string of the molecule is CCCCC1CCC(CCCC)C1=O. The highest BCUT2D eigenvalue weighted by molar-refractivity contribution is 5.85. The minimum Gasteiger partial charge on any atom is -0.299 e. The molecule has 14 heavy (non-hydrogen) atoms. The van der Waals surface area contributed by atoms with Gasteiger partial charge in [0.2, 0.25) is 0 Å². The monoisotopic (exact) mass is 196 g/mol. The van der Waals surface area contributed by atoms with E-state index < -0.39 is 0 Å². The molecule has 1 saturated carbocycles. The molecule has 2 unspecified atom stereocenters. The second kappa shape index (κ2) is 6.21. The fraction of sp³-hybridized carbons (Fsp3) is 0.923. The Bertz CT molecular complexity index is 156. The lowest BCUT2D eigenvalue weighted by molar-refractivity contribution is -0.124. The first-order valence-corrected chi connectivity index (χ1v) is 6.33. The van der Waals surface area contributed by atoms with E-state index in [1.165, 1.54) is 38.5 Å². The summed E-state index contributed by atoms with van der Waals surface area (Å²) in [4.78, 5) is 11.9. The van der Waals surface area contributed by atoms with Gasteiger partial charge in [0.05, 0.1) is 0 Å². The molecule has 0 aliphatic heterocycles. The van der Waals surface area contributed by atoms with Crippen molar-refractivity contribution in [1.82, 2.24) is 0 Å². The van der Waals surface area contributed by atoms with Crippen LogP contribution in [0.25, 0.3) is 0 Å². The van der Waals surface area contributed by atoms with Crippen LogP contribution in [0.5, 0.6) is 0 Å². The van der Waals surface area contributed by atoms with Crippen LogP contribution >= 0.6 is 0 Å². The van der Waals surface area contributed by atoms with Crippen LogP contribution in [0.15, 0.2) is 0 Å². The zero-order chi connectivity index (χ0) is 10.4. The normalized spacial score (nSPS) is 27.1.